The lowest BCUT2D eigenvalue weighted by Crippen LogP contribution is -2.35. The molecule has 1 fully saturated rings. The van der Waals surface area contributed by atoms with E-state index in [1.807, 2.05) is 12.1 Å². The van der Waals surface area contributed by atoms with Crippen molar-refractivity contribution in [1.29, 1.82) is 0 Å². The number of amides is 1. The van der Waals surface area contributed by atoms with Crippen LogP contribution < -0.4 is 5.73 Å². The second-order valence-corrected chi connectivity index (χ2v) is 6.29. The van der Waals surface area contributed by atoms with E-state index in [0.29, 0.717) is 18.3 Å². The molecule has 1 aliphatic rings. The van der Waals surface area contributed by atoms with Gasteiger partial charge in [0.25, 0.3) is 0 Å². The standard InChI is InChI=1S/C17H21FN4O2/c18-14-7-5-12(6-8-14)3-4-13-2-1-9-22(10-13)11-15-20-17(16(19)23)24-21-15/h5-8,13H,1-4,9-11H2,(H2,19,23). The molecule has 1 unspecified atom stereocenters. The second kappa shape index (κ2) is 7.53. The quantitative estimate of drug-likeness (QED) is 0.876. The molecule has 0 spiro atoms. The van der Waals surface area contributed by atoms with E-state index in [0.717, 1.165) is 37.9 Å². The Kier molecular flexibility index (Phi) is 5.20. The number of nitrogens with zero attached hydrogens (tertiary/aromatic N) is 3. The van der Waals surface area contributed by atoms with Gasteiger partial charge >= 0.3 is 11.8 Å². The summed E-state index contributed by atoms with van der Waals surface area (Å²) in [6.45, 7) is 2.50. The Morgan fingerprint density at radius 3 is 2.88 bits per heavy atom. The number of benzene rings is 1. The molecule has 24 heavy (non-hydrogen) atoms. The zero-order chi connectivity index (χ0) is 16.9. The summed E-state index contributed by atoms with van der Waals surface area (Å²) < 4.78 is 17.8. The van der Waals surface area contributed by atoms with Crippen molar-refractivity contribution >= 4 is 5.91 Å². The van der Waals surface area contributed by atoms with Crippen molar-refractivity contribution in [2.75, 3.05) is 13.1 Å². The molecule has 1 aromatic heterocycles. The summed E-state index contributed by atoms with van der Waals surface area (Å²) >= 11 is 0. The van der Waals surface area contributed by atoms with Crippen molar-refractivity contribution in [3.8, 4) is 0 Å². The van der Waals surface area contributed by atoms with E-state index < -0.39 is 5.91 Å². The topological polar surface area (TPSA) is 85.3 Å². The number of carbonyl (C=O) groups is 1. The van der Waals surface area contributed by atoms with Gasteiger partial charge in [0.1, 0.15) is 5.82 Å². The van der Waals surface area contributed by atoms with E-state index in [9.17, 15) is 9.18 Å². The number of hydrogen-bond acceptors (Lipinski definition) is 5. The molecule has 2 aromatic rings. The molecular formula is C17H21FN4O2. The summed E-state index contributed by atoms with van der Waals surface area (Å²) in [5, 5.41) is 3.79. The predicted molar refractivity (Wildman–Crippen MR) is 85.5 cm³/mol. The minimum atomic E-state index is -0.704. The zero-order valence-corrected chi connectivity index (χ0v) is 13.4. The van der Waals surface area contributed by atoms with Crippen LogP contribution in [0.2, 0.25) is 0 Å². The van der Waals surface area contributed by atoms with Crippen LogP contribution in [0.15, 0.2) is 28.8 Å². The Hall–Kier alpha value is -2.28. The van der Waals surface area contributed by atoms with Crippen LogP contribution in [-0.2, 0) is 13.0 Å². The number of halogens is 1. The van der Waals surface area contributed by atoms with Crippen LogP contribution in [0, 0.1) is 11.7 Å². The average molecular weight is 332 g/mol. The number of carbonyl (C=O) groups excluding carboxylic acids is 1. The monoisotopic (exact) mass is 332 g/mol. The minimum absolute atomic E-state index is 0.144. The Bertz CT molecular complexity index is 686. The zero-order valence-electron chi connectivity index (χ0n) is 13.4. The number of likely N-dealkylation sites (tertiary alicyclic amines) is 1. The van der Waals surface area contributed by atoms with Crippen molar-refractivity contribution in [3.05, 3.63) is 47.4 Å². The average Bonchev–Trinajstić information content (AvgIpc) is 3.03. The maximum atomic E-state index is 12.9. The molecule has 128 valence electrons. The lowest BCUT2D eigenvalue weighted by Gasteiger charge is -2.31. The van der Waals surface area contributed by atoms with Gasteiger partial charge < -0.3 is 10.3 Å². The van der Waals surface area contributed by atoms with E-state index in [2.05, 4.69) is 15.0 Å². The highest BCUT2D eigenvalue weighted by molar-refractivity contribution is 5.87. The third kappa shape index (κ3) is 4.38. The van der Waals surface area contributed by atoms with Crippen molar-refractivity contribution in [1.82, 2.24) is 15.0 Å². The largest absolute Gasteiger partial charge is 0.361 e. The normalized spacial score (nSPS) is 18.6. The maximum absolute atomic E-state index is 12.9. The van der Waals surface area contributed by atoms with Crippen LogP contribution >= 0.6 is 0 Å². The summed E-state index contributed by atoms with van der Waals surface area (Å²) in [7, 11) is 0. The first-order valence-electron chi connectivity index (χ1n) is 8.19. The lowest BCUT2D eigenvalue weighted by molar-refractivity contribution is 0.0958. The fourth-order valence-corrected chi connectivity index (χ4v) is 3.17. The van der Waals surface area contributed by atoms with Gasteiger partial charge in [-0.15, -0.1) is 0 Å². The molecule has 7 heteroatoms. The van der Waals surface area contributed by atoms with Crippen molar-refractivity contribution in [2.45, 2.75) is 32.2 Å². The molecular weight excluding hydrogens is 311 g/mol. The first-order chi connectivity index (χ1) is 11.6. The molecule has 0 saturated carbocycles. The summed E-state index contributed by atoms with van der Waals surface area (Å²) in [6.07, 6.45) is 4.33. The third-order valence-electron chi connectivity index (χ3n) is 4.40. The number of nitrogens with two attached hydrogens (primary N) is 1. The van der Waals surface area contributed by atoms with Gasteiger partial charge in [-0.3, -0.25) is 9.69 Å². The number of rotatable bonds is 6. The molecule has 0 bridgehead atoms. The molecule has 3 rings (SSSR count). The van der Waals surface area contributed by atoms with Crippen molar-refractivity contribution < 1.29 is 13.7 Å². The van der Waals surface area contributed by atoms with Crippen LogP contribution in [0.3, 0.4) is 0 Å². The number of aryl methyl sites for hydroxylation is 1. The lowest BCUT2D eigenvalue weighted by atomic mass is 9.91. The predicted octanol–water partition coefficient (Wildman–Crippen LogP) is 2.15. The smallest absolute Gasteiger partial charge is 0.315 e. The molecule has 0 aliphatic carbocycles. The molecule has 1 amide bonds. The van der Waals surface area contributed by atoms with Crippen LogP contribution in [-0.4, -0.2) is 34.0 Å². The van der Waals surface area contributed by atoms with Crippen LogP contribution in [0.25, 0.3) is 0 Å². The highest BCUT2D eigenvalue weighted by Crippen LogP contribution is 2.22. The number of piperidine rings is 1. The maximum Gasteiger partial charge on any atom is 0.315 e. The SMILES string of the molecule is NC(=O)c1nc(CN2CCCC(CCc3ccc(F)cc3)C2)no1. The fourth-order valence-electron chi connectivity index (χ4n) is 3.17. The van der Waals surface area contributed by atoms with Crippen LogP contribution in [0.5, 0.6) is 0 Å². The fraction of sp³-hybridized carbons (Fsp3) is 0.471. The second-order valence-electron chi connectivity index (χ2n) is 6.29. The molecule has 0 radical (unpaired) electrons. The first kappa shape index (κ1) is 16.6. The summed E-state index contributed by atoms with van der Waals surface area (Å²) in [5.74, 6) is 0.0340. The summed E-state index contributed by atoms with van der Waals surface area (Å²) in [5.41, 5.74) is 6.28. The van der Waals surface area contributed by atoms with Gasteiger partial charge in [-0.05, 0) is 55.8 Å². The van der Waals surface area contributed by atoms with Crippen molar-refractivity contribution in [3.63, 3.8) is 0 Å². The summed E-state index contributed by atoms with van der Waals surface area (Å²) in [4.78, 5) is 17.3. The molecule has 1 atom stereocenters. The highest BCUT2D eigenvalue weighted by Gasteiger charge is 2.22. The molecule has 2 heterocycles. The van der Waals surface area contributed by atoms with Crippen LogP contribution in [0.1, 0.15) is 41.3 Å². The molecule has 6 nitrogen and oxygen atoms in total. The highest BCUT2D eigenvalue weighted by atomic mass is 19.1. The Labute approximate surface area is 139 Å². The molecule has 1 saturated heterocycles. The van der Waals surface area contributed by atoms with E-state index in [1.54, 1.807) is 0 Å². The summed E-state index contributed by atoms with van der Waals surface area (Å²) in [6, 6.07) is 6.71. The number of hydrogen-bond donors (Lipinski definition) is 1. The van der Waals surface area contributed by atoms with E-state index in [4.69, 9.17) is 10.3 Å². The number of aromatic nitrogens is 2. The van der Waals surface area contributed by atoms with Gasteiger partial charge in [0.2, 0.25) is 0 Å². The van der Waals surface area contributed by atoms with Crippen molar-refractivity contribution in [2.24, 2.45) is 11.7 Å². The Balaban J connectivity index is 1.50. The van der Waals surface area contributed by atoms with Gasteiger partial charge in [0.15, 0.2) is 5.82 Å². The third-order valence-corrected chi connectivity index (χ3v) is 4.40. The molecule has 1 aliphatic heterocycles. The minimum Gasteiger partial charge on any atom is -0.361 e. The van der Waals surface area contributed by atoms with Gasteiger partial charge in [-0.1, -0.05) is 17.3 Å². The Morgan fingerprint density at radius 1 is 1.38 bits per heavy atom. The Morgan fingerprint density at radius 2 is 2.17 bits per heavy atom. The van der Waals surface area contributed by atoms with Gasteiger partial charge in [0.05, 0.1) is 6.54 Å². The van der Waals surface area contributed by atoms with E-state index in [-0.39, 0.29) is 11.7 Å². The van der Waals surface area contributed by atoms with Gasteiger partial charge in [-0.25, -0.2) is 4.39 Å². The molecule has 2 N–H and O–H groups in total. The first-order valence-corrected chi connectivity index (χ1v) is 8.19. The van der Waals surface area contributed by atoms with Gasteiger partial charge in [0, 0.05) is 6.54 Å². The van der Waals surface area contributed by atoms with Crippen LogP contribution in [0.4, 0.5) is 4.39 Å². The van der Waals surface area contributed by atoms with Gasteiger partial charge in [-0.2, -0.15) is 4.98 Å². The number of primary amides is 1. The van der Waals surface area contributed by atoms with E-state index >= 15 is 0 Å². The molecule has 1 aromatic carbocycles. The van der Waals surface area contributed by atoms with E-state index in [1.165, 1.54) is 18.6 Å².